The fourth-order valence-electron chi connectivity index (χ4n) is 2.53. The smallest absolute Gasteiger partial charge is 0.317 e. The van der Waals surface area contributed by atoms with E-state index in [-0.39, 0.29) is 18.1 Å². The Morgan fingerprint density at radius 2 is 2.27 bits per heavy atom. The number of hydrogen-bond donors (Lipinski definition) is 1. The number of carbonyl (C=O) groups excluding carboxylic acids is 1. The molecule has 124 valence electrons. The molecule has 1 aromatic heterocycles. The van der Waals surface area contributed by atoms with Crippen LogP contribution in [-0.2, 0) is 10.0 Å². The molecule has 0 radical (unpaired) electrons. The predicted molar refractivity (Wildman–Crippen MR) is 88.5 cm³/mol. The monoisotopic (exact) mass is 345 g/mol. The molecule has 2 rings (SSSR count). The molecule has 8 heteroatoms. The van der Waals surface area contributed by atoms with Gasteiger partial charge in [0.2, 0.25) is 10.0 Å². The van der Waals surface area contributed by atoms with E-state index in [1.807, 2.05) is 24.4 Å². The van der Waals surface area contributed by atoms with Gasteiger partial charge < -0.3 is 10.2 Å². The maximum absolute atomic E-state index is 12.4. The molecule has 2 heterocycles. The van der Waals surface area contributed by atoms with Gasteiger partial charge in [-0.05, 0) is 31.2 Å². The largest absolute Gasteiger partial charge is 0.334 e. The molecule has 0 saturated carbocycles. The Morgan fingerprint density at radius 3 is 2.86 bits per heavy atom. The number of piperidine rings is 1. The summed E-state index contributed by atoms with van der Waals surface area (Å²) in [5.74, 6) is 0. The van der Waals surface area contributed by atoms with E-state index in [9.17, 15) is 13.2 Å². The molecule has 0 unspecified atom stereocenters. The van der Waals surface area contributed by atoms with Gasteiger partial charge in [0.15, 0.2) is 0 Å². The Kier molecular flexibility index (Phi) is 5.46. The molecular weight excluding hydrogens is 322 g/mol. The fourth-order valence-corrected chi connectivity index (χ4v) is 4.27. The van der Waals surface area contributed by atoms with Crippen molar-refractivity contribution in [2.75, 3.05) is 26.4 Å². The number of amides is 2. The van der Waals surface area contributed by atoms with E-state index in [1.54, 1.807) is 23.3 Å². The second-order valence-electron chi connectivity index (χ2n) is 5.71. The van der Waals surface area contributed by atoms with E-state index in [0.29, 0.717) is 13.1 Å². The van der Waals surface area contributed by atoms with Gasteiger partial charge in [-0.3, -0.25) is 0 Å². The SMILES string of the molecule is C[C@H](c1cccs1)N(C)C(=O)N[C@H]1CCCN(S(C)(=O)=O)C1. The van der Waals surface area contributed by atoms with Gasteiger partial charge in [0.1, 0.15) is 0 Å². The molecule has 2 atom stereocenters. The number of thiophene rings is 1. The lowest BCUT2D eigenvalue weighted by molar-refractivity contribution is 0.183. The van der Waals surface area contributed by atoms with Crippen LogP contribution < -0.4 is 5.32 Å². The lowest BCUT2D eigenvalue weighted by Gasteiger charge is -2.33. The topological polar surface area (TPSA) is 69.7 Å². The van der Waals surface area contributed by atoms with Crippen molar-refractivity contribution in [3.05, 3.63) is 22.4 Å². The van der Waals surface area contributed by atoms with Crippen molar-refractivity contribution in [2.24, 2.45) is 0 Å². The molecule has 6 nitrogen and oxygen atoms in total. The van der Waals surface area contributed by atoms with Crippen molar-refractivity contribution in [1.29, 1.82) is 0 Å². The summed E-state index contributed by atoms with van der Waals surface area (Å²) < 4.78 is 24.7. The lowest BCUT2D eigenvalue weighted by Crippen LogP contribution is -2.52. The second kappa shape index (κ2) is 6.97. The number of nitrogens with one attached hydrogen (secondary N) is 1. The summed E-state index contributed by atoms with van der Waals surface area (Å²) in [6, 6.07) is 3.67. The summed E-state index contributed by atoms with van der Waals surface area (Å²) in [5, 5.41) is 4.94. The van der Waals surface area contributed by atoms with E-state index in [0.717, 1.165) is 17.7 Å². The van der Waals surface area contributed by atoms with Crippen LogP contribution in [0.4, 0.5) is 4.79 Å². The summed E-state index contributed by atoms with van der Waals surface area (Å²) in [6.45, 7) is 2.87. The van der Waals surface area contributed by atoms with Gasteiger partial charge in [-0.25, -0.2) is 17.5 Å². The molecule has 1 N–H and O–H groups in total. The van der Waals surface area contributed by atoms with Crippen molar-refractivity contribution in [3.8, 4) is 0 Å². The average Bonchev–Trinajstić information content (AvgIpc) is 2.99. The summed E-state index contributed by atoms with van der Waals surface area (Å²) in [4.78, 5) is 15.1. The van der Waals surface area contributed by atoms with Gasteiger partial charge in [0, 0.05) is 31.1 Å². The molecule has 1 aromatic rings. The first-order chi connectivity index (χ1) is 10.3. The van der Waals surface area contributed by atoms with Gasteiger partial charge in [-0.15, -0.1) is 11.3 Å². The van der Waals surface area contributed by atoms with Crippen molar-refractivity contribution in [1.82, 2.24) is 14.5 Å². The van der Waals surface area contributed by atoms with Crippen molar-refractivity contribution >= 4 is 27.4 Å². The van der Waals surface area contributed by atoms with E-state index in [2.05, 4.69) is 5.32 Å². The van der Waals surface area contributed by atoms with Gasteiger partial charge in [-0.2, -0.15) is 0 Å². The number of nitrogens with zero attached hydrogens (tertiary/aromatic N) is 2. The Hall–Kier alpha value is -1.12. The lowest BCUT2D eigenvalue weighted by atomic mass is 10.1. The molecule has 1 fully saturated rings. The number of rotatable bonds is 4. The molecule has 0 aliphatic carbocycles. The summed E-state index contributed by atoms with van der Waals surface area (Å²) in [6.07, 6.45) is 2.78. The number of urea groups is 1. The molecule has 1 aliphatic heterocycles. The highest BCUT2D eigenvalue weighted by molar-refractivity contribution is 7.88. The van der Waals surface area contributed by atoms with Crippen LogP contribution in [0.1, 0.15) is 30.7 Å². The highest BCUT2D eigenvalue weighted by atomic mass is 32.2. The molecule has 22 heavy (non-hydrogen) atoms. The predicted octanol–water partition coefficient (Wildman–Crippen LogP) is 1.87. The van der Waals surface area contributed by atoms with Crippen molar-refractivity contribution in [3.63, 3.8) is 0 Å². The quantitative estimate of drug-likeness (QED) is 0.906. The third kappa shape index (κ3) is 4.21. The zero-order valence-corrected chi connectivity index (χ0v) is 14.8. The number of carbonyl (C=O) groups is 1. The highest BCUT2D eigenvalue weighted by Gasteiger charge is 2.28. The molecule has 1 saturated heterocycles. The third-order valence-corrected chi connectivity index (χ3v) is 6.35. The van der Waals surface area contributed by atoms with Crippen molar-refractivity contribution in [2.45, 2.75) is 31.8 Å². The summed E-state index contributed by atoms with van der Waals surface area (Å²) >= 11 is 1.62. The van der Waals surface area contributed by atoms with E-state index >= 15 is 0 Å². The molecule has 0 aromatic carbocycles. The van der Waals surface area contributed by atoms with Crippen LogP contribution >= 0.6 is 11.3 Å². The molecular formula is C14H23N3O3S2. The molecule has 0 spiro atoms. The minimum Gasteiger partial charge on any atom is -0.334 e. The van der Waals surface area contributed by atoms with Gasteiger partial charge in [0.05, 0.1) is 12.3 Å². The zero-order chi connectivity index (χ0) is 16.3. The highest BCUT2D eigenvalue weighted by Crippen LogP contribution is 2.23. The molecule has 0 bridgehead atoms. The van der Waals surface area contributed by atoms with E-state index in [4.69, 9.17) is 0 Å². The van der Waals surface area contributed by atoms with Crippen LogP contribution in [0.2, 0.25) is 0 Å². The molecule has 2 amide bonds. The fraction of sp³-hybridized carbons (Fsp3) is 0.643. The average molecular weight is 345 g/mol. The zero-order valence-electron chi connectivity index (χ0n) is 13.2. The first-order valence-corrected chi connectivity index (χ1v) is 10.0. The minimum atomic E-state index is -3.20. The van der Waals surface area contributed by atoms with Crippen LogP contribution in [0.3, 0.4) is 0 Å². The third-order valence-electron chi connectivity index (χ3n) is 4.04. The van der Waals surface area contributed by atoms with Crippen LogP contribution in [0.25, 0.3) is 0 Å². The van der Waals surface area contributed by atoms with Gasteiger partial charge in [-0.1, -0.05) is 6.07 Å². The first-order valence-electron chi connectivity index (χ1n) is 7.31. The van der Waals surface area contributed by atoms with Crippen molar-refractivity contribution < 1.29 is 13.2 Å². The van der Waals surface area contributed by atoms with Crippen LogP contribution in [0.15, 0.2) is 17.5 Å². The standard InChI is InChI=1S/C14H23N3O3S2/c1-11(13-7-5-9-21-13)16(2)14(18)15-12-6-4-8-17(10-12)22(3,19)20/h5,7,9,11-12H,4,6,8,10H2,1-3H3,(H,15,18)/t11-,12+/m1/s1. The Balaban J connectivity index is 1.93. The summed E-state index contributed by atoms with van der Waals surface area (Å²) in [7, 11) is -1.44. The number of hydrogen-bond acceptors (Lipinski definition) is 4. The Bertz CT molecular complexity index is 601. The second-order valence-corrected chi connectivity index (χ2v) is 8.67. The molecule has 1 aliphatic rings. The van der Waals surface area contributed by atoms with E-state index < -0.39 is 10.0 Å². The Labute approximate surface area is 136 Å². The first kappa shape index (κ1) is 17.2. The normalized spacial score (nSPS) is 21.3. The van der Waals surface area contributed by atoms with E-state index in [1.165, 1.54) is 10.6 Å². The van der Waals surface area contributed by atoms with Crippen LogP contribution in [-0.4, -0.2) is 56.1 Å². The van der Waals surface area contributed by atoms with Crippen LogP contribution in [0.5, 0.6) is 0 Å². The number of sulfonamides is 1. The summed E-state index contributed by atoms with van der Waals surface area (Å²) in [5.41, 5.74) is 0. The van der Waals surface area contributed by atoms with Gasteiger partial charge in [0.25, 0.3) is 0 Å². The maximum atomic E-state index is 12.4. The Morgan fingerprint density at radius 1 is 1.55 bits per heavy atom. The maximum Gasteiger partial charge on any atom is 0.317 e. The minimum absolute atomic E-state index is 0.00500. The van der Waals surface area contributed by atoms with Gasteiger partial charge >= 0.3 is 6.03 Å². The van der Waals surface area contributed by atoms with Crippen LogP contribution in [0, 0.1) is 0 Å².